The van der Waals surface area contributed by atoms with Gasteiger partial charge in [0.05, 0.1) is 10.5 Å². The summed E-state index contributed by atoms with van der Waals surface area (Å²) in [5.74, 6) is 0. The monoisotopic (exact) mass is 429 g/mol. The molecule has 2 aromatic heterocycles. The van der Waals surface area contributed by atoms with Crippen LogP contribution < -0.4 is 0 Å². The van der Waals surface area contributed by atoms with Gasteiger partial charge in [-0.05, 0) is 62.7 Å². The van der Waals surface area contributed by atoms with E-state index < -0.39 is 0 Å². The van der Waals surface area contributed by atoms with Gasteiger partial charge in [0.25, 0.3) is 0 Å². The first kappa shape index (κ1) is 20.3. The third-order valence-corrected chi connectivity index (χ3v) is 6.65. The van der Waals surface area contributed by atoms with E-state index in [1.165, 1.54) is 50.0 Å². The van der Waals surface area contributed by atoms with Crippen molar-refractivity contribution in [3.63, 3.8) is 0 Å². The summed E-state index contributed by atoms with van der Waals surface area (Å²) in [5.41, 5.74) is 5.76. The summed E-state index contributed by atoms with van der Waals surface area (Å²) in [4.78, 5) is 7.15. The summed E-state index contributed by atoms with van der Waals surface area (Å²) in [5, 5.41) is 1.92. The molecule has 0 atom stereocenters. The average Bonchev–Trinajstić information content (AvgIpc) is 3.20. The van der Waals surface area contributed by atoms with Crippen LogP contribution in [0.1, 0.15) is 25.7 Å². The SMILES string of the molecule is Clc1cccc2c1c(-c1cncc(-c3ccccc3)c1)cn2CCCN1CCCCC1. The fraction of sp³-hybridized carbons (Fsp3) is 0.296. The Morgan fingerprint density at radius 3 is 2.45 bits per heavy atom. The Labute approximate surface area is 189 Å². The summed E-state index contributed by atoms with van der Waals surface area (Å²) >= 11 is 6.70. The minimum absolute atomic E-state index is 0.799. The number of nitrogens with zero attached hydrogens (tertiary/aromatic N) is 3. The second-order valence-corrected chi connectivity index (χ2v) is 8.86. The Bertz CT molecular complexity index is 1160. The smallest absolute Gasteiger partial charge is 0.0506 e. The molecule has 2 aromatic carbocycles. The van der Waals surface area contributed by atoms with Gasteiger partial charge in [0.2, 0.25) is 0 Å². The standard InChI is InChI=1S/C27H28ClN3/c28-25-11-7-12-26-27(25)24(20-31(26)16-8-15-30-13-5-2-6-14-30)23-17-22(18-29-19-23)21-9-3-1-4-10-21/h1,3-4,7,9-12,17-20H,2,5-6,8,13-16H2. The van der Waals surface area contributed by atoms with Crippen molar-refractivity contribution in [3.8, 4) is 22.3 Å². The van der Waals surface area contributed by atoms with E-state index in [9.17, 15) is 0 Å². The third-order valence-electron chi connectivity index (χ3n) is 6.33. The molecule has 0 saturated carbocycles. The molecular formula is C27H28ClN3. The summed E-state index contributed by atoms with van der Waals surface area (Å²) in [6.07, 6.45) is 11.4. The molecule has 1 fully saturated rings. The lowest BCUT2D eigenvalue weighted by Crippen LogP contribution is -2.31. The molecule has 1 aliphatic heterocycles. The van der Waals surface area contributed by atoms with Crippen LogP contribution in [0.2, 0.25) is 5.02 Å². The molecular weight excluding hydrogens is 402 g/mol. The number of fused-ring (bicyclic) bond motifs is 1. The first-order valence-electron chi connectivity index (χ1n) is 11.3. The topological polar surface area (TPSA) is 21.1 Å². The summed E-state index contributed by atoms with van der Waals surface area (Å²) in [6, 6.07) is 18.8. The van der Waals surface area contributed by atoms with Gasteiger partial charge in [-0.15, -0.1) is 0 Å². The highest BCUT2D eigenvalue weighted by Crippen LogP contribution is 2.36. The highest BCUT2D eigenvalue weighted by Gasteiger charge is 2.15. The van der Waals surface area contributed by atoms with Crippen LogP contribution >= 0.6 is 11.6 Å². The van der Waals surface area contributed by atoms with Gasteiger partial charge in [-0.1, -0.05) is 54.4 Å². The van der Waals surface area contributed by atoms with Crippen LogP contribution in [0.3, 0.4) is 0 Å². The molecule has 3 nitrogen and oxygen atoms in total. The minimum atomic E-state index is 0.799. The molecule has 0 radical (unpaired) electrons. The van der Waals surface area contributed by atoms with Gasteiger partial charge >= 0.3 is 0 Å². The van der Waals surface area contributed by atoms with E-state index in [1.807, 2.05) is 30.6 Å². The fourth-order valence-corrected chi connectivity index (χ4v) is 5.01. The first-order valence-corrected chi connectivity index (χ1v) is 11.7. The molecule has 1 aliphatic rings. The van der Waals surface area contributed by atoms with Crippen LogP contribution in [0.5, 0.6) is 0 Å². The van der Waals surface area contributed by atoms with E-state index in [2.05, 4.69) is 57.0 Å². The highest BCUT2D eigenvalue weighted by atomic mass is 35.5. The van der Waals surface area contributed by atoms with Gasteiger partial charge in [0, 0.05) is 47.2 Å². The maximum Gasteiger partial charge on any atom is 0.0506 e. The van der Waals surface area contributed by atoms with Crippen molar-refractivity contribution in [3.05, 3.63) is 78.2 Å². The van der Waals surface area contributed by atoms with Crippen molar-refractivity contribution >= 4 is 22.5 Å². The predicted molar refractivity (Wildman–Crippen MR) is 131 cm³/mol. The zero-order valence-corrected chi connectivity index (χ0v) is 18.6. The van der Waals surface area contributed by atoms with Gasteiger partial charge in [-0.25, -0.2) is 0 Å². The number of hydrogen-bond donors (Lipinski definition) is 0. The number of rotatable bonds is 6. The fourth-order valence-electron chi connectivity index (χ4n) is 4.74. The molecule has 3 heterocycles. The molecule has 0 unspecified atom stereocenters. The Balaban J connectivity index is 1.46. The number of piperidine rings is 1. The number of hydrogen-bond acceptors (Lipinski definition) is 2. The van der Waals surface area contributed by atoms with E-state index in [0.717, 1.165) is 40.1 Å². The van der Waals surface area contributed by atoms with E-state index in [0.29, 0.717) is 0 Å². The molecule has 4 heteroatoms. The predicted octanol–water partition coefficient (Wildman–Crippen LogP) is 6.90. The van der Waals surface area contributed by atoms with Gasteiger partial charge in [0.15, 0.2) is 0 Å². The quantitative estimate of drug-likeness (QED) is 0.332. The number of halogens is 1. The van der Waals surface area contributed by atoms with E-state index in [1.54, 1.807) is 0 Å². The van der Waals surface area contributed by atoms with Crippen LogP contribution in [0, 0.1) is 0 Å². The lowest BCUT2D eigenvalue weighted by atomic mass is 10.0. The summed E-state index contributed by atoms with van der Waals surface area (Å²) < 4.78 is 2.37. The number of aryl methyl sites for hydroxylation is 1. The van der Waals surface area contributed by atoms with E-state index in [4.69, 9.17) is 11.6 Å². The molecule has 1 saturated heterocycles. The molecule has 5 rings (SSSR count). The largest absolute Gasteiger partial charge is 0.347 e. The normalized spacial score (nSPS) is 14.9. The van der Waals surface area contributed by atoms with E-state index in [-0.39, 0.29) is 0 Å². The molecule has 0 amide bonds. The van der Waals surface area contributed by atoms with Gasteiger partial charge in [-0.2, -0.15) is 0 Å². The molecule has 31 heavy (non-hydrogen) atoms. The molecule has 0 bridgehead atoms. The van der Waals surface area contributed by atoms with Crippen LogP contribution in [0.4, 0.5) is 0 Å². The van der Waals surface area contributed by atoms with Crippen LogP contribution in [-0.2, 0) is 6.54 Å². The van der Waals surface area contributed by atoms with Gasteiger partial charge in [0.1, 0.15) is 0 Å². The molecule has 4 aromatic rings. The minimum Gasteiger partial charge on any atom is -0.347 e. The molecule has 0 aliphatic carbocycles. The van der Waals surface area contributed by atoms with Gasteiger partial charge in [-0.3, -0.25) is 4.98 Å². The molecule has 0 N–H and O–H groups in total. The second kappa shape index (κ2) is 9.25. The zero-order valence-electron chi connectivity index (χ0n) is 17.8. The lowest BCUT2D eigenvalue weighted by Gasteiger charge is -2.26. The van der Waals surface area contributed by atoms with Crippen molar-refractivity contribution < 1.29 is 0 Å². The zero-order chi connectivity index (χ0) is 21.0. The summed E-state index contributed by atoms with van der Waals surface area (Å²) in [7, 11) is 0. The first-order chi connectivity index (χ1) is 15.3. The lowest BCUT2D eigenvalue weighted by molar-refractivity contribution is 0.223. The Morgan fingerprint density at radius 2 is 1.61 bits per heavy atom. The number of aromatic nitrogens is 2. The highest BCUT2D eigenvalue weighted by molar-refractivity contribution is 6.36. The van der Waals surface area contributed by atoms with Crippen molar-refractivity contribution in [1.29, 1.82) is 0 Å². The average molecular weight is 430 g/mol. The van der Waals surface area contributed by atoms with Crippen LogP contribution in [0.15, 0.2) is 73.2 Å². The Morgan fingerprint density at radius 1 is 0.806 bits per heavy atom. The van der Waals surface area contributed by atoms with Crippen molar-refractivity contribution in [2.24, 2.45) is 0 Å². The van der Waals surface area contributed by atoms with Crippen LogP contribution in [0.25, 0.3) is 33.2 Å². The van der Waals surface area contributed by atoms with Crippen molar-refractivity contribution in [2.75, 3.05) is 19.6 Å². The maximum atomic E-state index is 6.70. The van der Waals surface area contributed by atoms with Crippen molar-refractivity contribution in [1.82, 2.24) is 14.5 Å². The van der Waals surface area contributed by atoms with E-state index >= 15 is 0 Å². The molecule has 158 valence electrons. The number of benzene rings is 2. The third kappa shape index (κ3) is 4.39. The number of likely N-dealkylation sites (tertiary alicyclic amines) is 1. The van der Waals surface area contributed by atoms with Crippen molar-refractivity contribution in [2.45, 2.75) is 32.2 Å². The maximum absolute atomic E-state index is 6.70. The molecule has 0 spiro atoms. The van der Waals surface area contributed by atoms with Gasteiger partial charge < -0.3 is 9.47 Å². The Hall–Kier alpha value is -2.62. The number of pyridine rings is 1. The second-order valence-electron chi connectivity index (χ2n) is 8.45. The van der Waals surface area contributed by atoms with Crippen LogP contribution in [-0.4, -0.2) is 34.1 Å². The summed E-state index contributed by atoms with van der Waals surface area (Å²) in [6.45, 7) is 4.67. The Kier molecular flexibility index (Phi) is 6.06.